The predicted molar refractivity (Wildman–Crippen MR) is 88.5 cm³/mol. The second-order valence-electron chi connectivity index (χ2n) is 6.62. The minimum absolute atomic E-state index is 0.0429. The molecule has 0 aromatic heterocycles. The monoisotopic (exact) mass is 313 g/mol. The Morgan fingerprint density at radius 3 is 2.57 bits per heavy atom. The highest BCUT2D eigenvalue weighted by Gasteiger charge is 2.42. The van der Waals surface area contributed by atoms with E-state index in [1.165, 1.54) is 0 Å². The molecule has 1 N–H and O–H groups in total. The van der Waals surface area contributed by atoms with E-state index < -0.39 is 0 Å². The van der Waals surface area contributed by atoms with Crippen LogP contribution in [0.4, 0.5) is 4.79 Å². The quantitative estimate of drug-likeness (QED) is 0.928. The van der Waals surface area contributed by atoms with Crippen molar-refractivity contribution in [1.82, 2.24) is 15.1 Å². The van der Waals surface area contributed by atoms with Crippen molar-refractivity contribution < 1.29 is 9.59 Å². The molecule has 0 radical (unpaired) electrons. The van der Waals surface area contributed by atoms with Gasteiger partial charge in [0.25, 0.3) is 5.91 Å². The van der Waals surface area contributed by atoms with E-state index >= 15 is 0 Å². The fourth-order valence-electron chi connectivity index (χ4n) is 3.11. The van der Waals surface area contributed by atoms with E-state index in [2.05, 4.69) is 19.2 Å². The van der Waals surface area contributed by atoms with Gasteiger partial charge in [0.2, 0.25) is 0 Å². The van der Waals surface area contributed by atoms with Gasteiger partial charge < -0.3 is 10.2 Å². The summed E-state index contributed by atoms with van der Waals surface area (Å²) in [6.07, 6.45) is 0.966. The normalized spacial score (nSPS) is 21.1. The molecule has 0 unspecified atom stereocenters. The lowest BCUT2D eigenvalue weighted by Gasteiger charge is -2.31. The second-order valence-corrected chi connectivity index (χ2v) is 6.62. The van der Waals surface area contributed by atoms with E-state index in [-0.39, 0.29) is 18.0 Å². The first-order valence-electron chi connectivity index (χ1n) is 8.10. The third-order valence-electron chi connectivity index (χ3n) is 4.54. The standard InChI is InChI=1S/C18H23N3O2/c1-12(2)9-10-21-11-14-15(17(21)22)16(19-18(23)20(14)3)13-7-5-4-6-8-13/h4-8,12,16H,9-11H2,1-3H3,(H,19,23)/t16-/m0/s1. The fourth-order valence-corrected chi connectivity index (χ4v) is 3.11. The first kappa shape index (κ1) is 15.6. The van der Waals surface area contributed by atoms with Gasteiger partial charge in [-0.25, -0.2) is 4.79 Å². The SMILES string of the molecule is CC(C)CCN1CC2=C(C1=O)[C@H](c1ccccc1)NC(=O)N2C. The Bertz CT molecular complexity index is 651. The molecule has 5 heteroatoms. The maximum absolute atomic E-state index is 12.9. The molecule has 1 aromatic rings. The number of carbonyl (C=O) groups is 2. The van der Waals surface area contributed by atoms with Crippen LogP contribution in [0.5, 0.6) is 0 Å². The van der Waals surface area contributed by atoms with Crippen molar-refractivity contribution in [2.45, 2.75) is 26.3 Å². The van der Waals surface area contributed by atoms with Gasteiger partial charge in [-0.15, -0.1) is 0 Å². The Kier molecular flexibility index (Phi) is 4.11. The zero-order valence-corrected chi connectivity index (χ0v) is 13.9. The van der Waals surface area contributed by atoms with Gasteiger partial charge >= 0.3 is 6.03 Å². The van der Waals surface area contributed by atoms with Crippen LogP contribution in [0.1, 0.15) is 31.9 Å². The molecule has 2 aliphatic heterocycles. The van der Waals surface area contributed by atoms with Gasteiger partial charge in [-0.1, -0.05) is 44.2 Å². The summed E-state index contributed by atoms with van der Waals surface area (Å²) in [5.41, 5.74) is 2.49. The molecular formula is C18H23N3O2. The Labute approximate surface area is 137 Å². The number of benzene rings is 1. The third kappa shape index (κ3) is 2.83. The van der Waals surface area contributed by atoms with E-state index in [4.69, 9.17) is 0 Å². The van der Waals surface area contributed by atoms with Crippen molar-refractivity contribution in [3.05, 3.63) is 47.2 Å². The molecule has 0 saturated carbocycles. The van der Waals surface area contributed by atoms with Crippen LogP contribution in [0.25, 0.3) is 0 Å². The molecule has 2 heterocycles. The molecule has 2 aliphatic rings. The Morgan fingerprint density at radius 2 is 1.91 bits per heavy atom. The van der Waals surface area contributed by atoms with Gasteiger partial charge in [-0.2, -0.15) is 0 Å². The summed E-state index contributed by atoms with van der Waals surface area (Å²) in [6.45, 7) is 5.55. The van der Waals surface area contributed by atoms with E-state index in [0.29, 0.717) is 18.0 Å². The first-order chi connectivity index (χ1) is 11.0. The number of carbonyl (C=O) groups excluding carboxylic acids is 2. The molecule has 0 bridgehead atoms. The topological polar surface area (TPSA) is 52.7 Å². The van der Waals surface area contributed by atoms with Crippen LogP contribution < -0.4 is 5.32 Å². The van der Waals surface area contributed by atoms with Crippen LogP contribution in [0.3, 0.4) is 0 Å². The van der Waals surface area contributed by atoms with Gasteiger partial charge in [0, 0.05) is 13.6 Å². The average Bonchev–Trinajstić information content (AvgIpc) is 2.87. The summed E-state index contributed by atoms with van der Waals surface area (Å²) in [6, 6.07) is 9.17. The molecule has 5 nitrogen and oxygen atoms in total. The number of hydrogen-bond donors (Lipinski definition) is 1. The third-order valence-corrected chi connectivity index (χ3v) is 4.54. The van der Waals surface area contributed by atoms with Crippen molar-refractivity contribution in [1.29, 1.82) is 0 Å². The summed E-state index contributed by atoms with van der Waals surface area (Å²) >= 11 is 0. The Hall–Kier alpha value is -2.30. The van der Waals surface area contributed by atoms with E-state index in [9.17, 15) is 9.59 Å². The van der Waals surface area contributed by atoms with Crippen LogP contribution in [0.2, 0.25) is 0 Å². The Balaban J connectivity index is 1.92. The highest BCUT2D eigenvalue weighted by Crippen LogP contribution is 2.35. The summed E-state index contributed by atoms with van der Waals surface area (Å²) in [4.78, 5) is 28.6. The molecule has 0 aliphatic carbocycles. The summed E-state index contributed by atoms with van der Waals surface area (Å²) in [7, 11) is 1.73. The molecule has 0 saturated heterocycles. The van der Waals surface area contributed by atoms with Gasteiger partial charge in [0.15, 0.2) is 0 Å². The lowest BCUT2D eigenvalue weighted by atomic mass is 9.96. The molecule has 0 spiro atoms. The molecule has 3 amide bonds. The van der Waals surface area contributed by atoms with Gasteiger partial charge in [-0.3, -0.25) is 9.69 Å². The van der Waals surface area contributed by atoms with Gasteiger partial charge in [0.1, 0.15) is 0 Å². The zero-order valence-electron chi connectivity index (χ0n) is 13.9. The number of nitrogens with one attached hydrogen (secondary N) is 1. The molecule has 23 heavy (non-hydrogen) atoms. The maximum atomic E-state index is 12.9. The fraction of sp³-hybridized carbons (Fsp3) is 0.444. The lowest BCUT2D eigenvalue weighted by Crippen LogP contribution is -2.45. The molecule has 122 valence electrons. The molecule has 1 atom stereocenters. The average molecular weight is 313 g/mol. The number of likely N-dealkylation sites (N-methyl/N-ethyl adjacent to an activating group) is 1. The van der Waals surface area contributed by atoms with E-state index in [1.54, 1.807) is 11.9 Å². The largest absolute Gasteiger partial charge is 0.333 e. The molecule has 0 fully saturated rings. The van der Waals surface area contributed by atoms with Crippen LogP contribution in [0.15, 0.2) is 41.6 Å². The number of amides is 3. The number of urea groups is 1. The maximum Gasteiger partial charge on any atom is 0.322 e. The molecule has 1 aromatic carbocycles. The number of hydrogen-bond acceptors (Lipinski definition) is 2. The Morgan fingerprint density at radius 1 is 1.22 bits per heavy atom. The summed E-state index contributed by atoms with van der Waals surface area (Å²) in [5, 5.41) is 2.95. The smallest absolute Gasteiger partial charge is 0.322 e. The van der Waals surface area contributed by atoms with Crippen LogP contribution in [0, 0.1) is 5.92 Å². The van der Waals surface area contributed by atoms with E-state index in [0.717, 1.165) is 24.2 Å². The lowest BCUT2D eigenvalue weighted by molar-refractivity contribution is -0.125. The van der Waals surface area contributed by atoms with Crippen molar-refractivity contribution in [2.75, 3.05) is 20.1 Å². The van der Waals surface area contributed by atoms with Gasteiger partial charge in [0.05, 0.1) is 23.9 Å². The van der Waals surface area contributed by atoms with Gasteiger partial charge in [-0.05, 0) is 17.9 Å². The van der Waals surface area contributed by atoms with E-state index in [1.807, 2.05) is 35.2 Å². The van der Waals surface area contributed by atoms with Crippen molar-refractivity contribution in [2.24, 2.45) is 5.92 Å². The minimum atomic E-state index is -0.355. The minimum Gasteiger partial charge on any atom is -0.333 e. The van der Waals surface area contributed by atoms with Crippen molar-refractivity contribution in [3.8, 4) is 0 Å². The highest BCUT2D eigenvalue weighted by molar-refractivity contribution is 6.01. The zero-order chi connectivity index (χ0) is 16.6. The van der Waals surface area contributed by atoms with Crippen molar-refractivity contribution >= 4 is 11.9 Å². The molecule has 3 rings (SSSR count). The molecular weight excluding hydrogens is 290 g/mol. The number of nitrogens with zero attached hydrogens (tertiary/aromatic N) is 2. The summed E-state index contributed by atoms with van der Waals surface area (Å²) in [5.74, 6) is 0.587. The predicted octanol–water partition coefficient (Wildman–Crippen LogP) is 2.53. The number of rotatable bonds is 4. The highest BCUT2D eigenvalue weighted by atomic mass is 16.2. The first-order valence-corrected chi connectivity index (χ1v) is 8.10. The van der Waals surface area contributed by atoms with Crippen molar-refractivity contribution in [3.63, 3.8) is 0 Å². The van der Waals surface area contributed by atoms with Crippen LogP contribution >= 0.6 is 0 Å². The summed E-state index contributed by atoms with van der Waals surface area (Å²) < 4.78 is 0. The second kappa shape index (κ2) is 6.07. The van der Waals surface area contributed by atoms with Crippen LogP contribution in [-0.2, 0) is 4.79 Å². The van der Waals surface area contributed by atoms with Crippen LogP contribution in [-0.4, -0.2) is 41.9 Å².